The Morgan fingerprint density at radius 2 is 1.71 bits per heavy atom. The summed E-state index contributed by atoms with van der Waals surface area (Å²) in [6.45, 7) is 1.02. The summed E-state index contributed by atoms with van der Waals surface area (Å²) in [5.74, 6) is 0. The fraction of sp³-hybridized carbons (Fsp3) is 0.435. The standard InChI is InChI=1S/C23H29N3OS/c1-28-22-12-10-18(11-13-22)24-23(27)25-19-14-20-8-5-9-21(15-19)26(20)16-17-6-3-2-4-7-17/h2-4,6-7,10-13,19-21H,5,8-9,14-16H2,1H3,(H2,24,25,27)/t20-,21-/m1/s1. The molecule has 0 radical (unpaired) electrons. The van der Waals surface area contributed by atoms with Crippen LogP contribution in [-0.2, 0) is 6.54 Å². The van der Waals surface area contributed by atoms with Crippen molar-refractivity contribution in [2.75, 3.05) is 11.6 Å². The van der Waals surface area contributed by atoms with Crippen molar-refractivity contribution in [1.82, 2.24) is 10.2 Å². The summed E-state index contributed by atoms with van der Waals surface area (Å²) in [5.41, 5.74) is 2.23. The molecule has 0 spiro atoms. The average Bonchev–Trinajstić information content (AvgIpc) is 2.70. The second-order valence-electron chi connectivity index (χ2n) is 7.89. The Morgan fingerprint density at radius 3 is 2.36 bits per heavy atom. The fourth-order valence-electron chi connectivity index (χ4n) is 4.68. The number of carbonyl (C=O) groups is 1. The number of fused-ring (bicyclic) bond motifs is 2. The minimum absolute atomic E-state index is 0.0866. The van der Waals surface area contributed by atoms with Gasteiger partial charge in [0.25, 0.3) is 0 Å². The molecule has 2 atom stereocenters. The molecule has 2 aliphatic heterocycles. The maximum Gasteiger partial charge on any atom is 0.319 e. The van der Waals surface area contributed by atoms with Gasteiger partial charge in [-0.05, 0) is 61.8 Å². The predicted molar refractivity (Wildman–Crippen MR) is 117 cm³/mol. The summed E-state index contributed by atoms with van der Waals surface area (Å²) in [4.78, 5) is 16.4. The van der Waals surface area contributed by atoms with Gasteiger partial charge in [0.05, 0.1) is 0 Å². The molecule has 0 aliphatic carbocycles. The summed E-state index contributed by atoms with van der Waals surface area (Å²) >= 11 is 1.70. The summed E-state index contributed by atoms with van der Waals surface area (Å²) < 4.78 is 0. The number of anilines is 1. The van der Waals surface area contributed by atoms with Crippen LogP contribution in [0.4, 0.5) is 10.5 Å². The van der Waals surface area contributed by atoms with E-state index in [1.165, 1.54) is 29.7 Å². The molecular formula is C23H29N3OS. The normalized spacial score (nSPS) is 24.5. The molecule has 2 amide bonds. The van der Waals surface area contributed by atoms with Gasteiger partial charge in [-0.3, -0.25) is 4.90 Å². The van der Waals surface area contributed by atoms with Crippen molar-refractivity contribution in [3.8, 4) is 0 Å². The van der Waals surface area contributed by atoms with Crippen LogP contribution in [0, 0.1) is 0 Å². The van der Waals surface area contributed by atoms with Gasteiger partial charge >= 0.3 is 6.03 Å². The summed E-state index contributed by atoms with van der Waals surface area (Å²) in [6, 6.07) is 20.1. The zero-order valence-electron chi connectivity index (χ0n) is 16.4. The van der Waals surface area contributed by atoms with Crippen molar-refractivity contribution in [3.63, 3.8) is 0 Å². The first-order chi connectivity index (χ1) is 13.7. The second kappa shape index (κ2) is 9.01. The maximum atomic E-state index is 12.5. The maximum absolute atomic E-state index is 12.5. The molecule has 2 saturated heterocycles. The van der Waals surface area contributed by atoms with Gasteiger partial charge < -0.3 is 10.6 Å². The molecule has 2 N–H and O–H groups in total. The first kappa shape index (κ1) is 19.3. The highest BCUT2D eigenvalue weighted by molar-refractivity contribution is 7.98. The van der Waals surface area contributed by atoms with Gasteiger partial charge in [-0.1, -0.05) is 36.8 Å². The molecule has 28 heavy (non-hydrogen) atoms. The third-order valence-electron chi connectivity index (χ3n) is 6.02. The molecule has 0 aromatic heterocycles. The zero-order valence-corrected chi connectivity index (χ0v) is 17.3. The van der Waals surface area contributed by atoms with E-state index in [1.807, 2.05) is 24.3 Å². The molecule has 2 aromatic rings. The lowest BCUT2D eigenvalue weighted by Crippen LogP contribution is -2.56. The molecule has 5 heteroatoms. The molecule has 2 bridgehead atoms. The molecule has 0 unspecified atom stereocenters. The number of amides is 2. The topological polar surface area (TPSA) is 44.4 Å². The Hall–Kier alpha value is -1.98. The number of carbonyl (C=O) groups excluding carboxylic acids is 1. The van der Waals surface area contributed by atoms with Crippen LogP contribution in [0.2, 0.25) is 0 Å². The van der Waals surface area contributed by atoms with Crippen LogP contribution in [0.5, 0.6) is 0 Å². The van der Waals surface area contributed by atoms with Gasteiger partial charge in [-0.15, -0.1) is 11.8 Å². The van der Waals surface area contributed by atoms with Crippen LogP contribution in [0.1, 0.15) is 37.7 Å². The number of nitrogens with one attached hydrogen (secondary N) is 2. The van der Waals surface area contributed by atoms with E-state index in [4.69, 9.17) is 0 Å². The van der Waals surface area contributed by atoms with Gasteiger partial charge in [0.15, 0.2) is 0 Å². The third-order valence-corrected chi connectivity index (χ3v) is 6.76. The number of hydrogen-bond donors (Lipinski definition) is 2. The molecular weight excluding hydrogens is 366 g/mol. The number of urea groups is 1. The number of nitrogens with zero attached hydrogens (tertiary/aromatic N) is 1. The van der Waals surface area contributed by atoms with Gasteiger partial charge in [0.1, 0.15) is 0 Å². The highest BCUT2D eigenvalue weighted by atomic mass is 32.2. The fourth-order valence-corrected chi connectivity index (χ4v) is 5.08. The molecule has 148 valence electrons. The van der Waals surface area contributed by atoms with Crippen molar-refractivity contribution in [2.24, 2.45) is 0 Å². The van der Waals surface area contributed by atoms with Gasteiger partial charge in [0.2, 0.25) is 0 Å². The highest BCUT2D eigenvalue weighted by Gasteiger charge is 2.38. The van der Waals surface area contributed by atoms with Crippen LogP contribution in [0.3, 0.4) is 0 Å². The Kier molecular flexibility index (Phi) is 6.23. The van der Waals surface area contributed by atoms with Crippen molar-refractivity contribution in [2.45, 2.75) is 61.7 Å². The quantitative estimate of drug-likeness (QED) is 0.691. The molecule has 0 saturated carbocycles. The van der Waals surface area contributed by atoms with E-state index in [1.54, 1.807) is 11.8 Å². The van der Waals surface area contributed by atoms with E-state index in [0.717, 1.165) is 25.1 Å². The zero-order chi connectivity index (χ0) is 19.3. The van der Waals surface area contributed by atoms with Crippen molar-refractivity contribution in [3.05, 3.63) is 60.2 Å². The third kappa shape index (κ3) is 4.70. The van der Waals surface area contributed by atoms with Crippen LogP contribution >= 0.6 is 11.8 Å². The summed E-state index contributed by atoms with van der Waals surface area (Å²) in [5, 5.41) is 6.21. The van der Waals surface area contributed by atoms with Crippen LogP contribution in [0.25, 0.3) is 0 Å². The number of thioether (sulfide) groups is 1. The Balaban J connectivity index is 1.33. The molecule has 4 rings (SSSR count). The van der Waals surface area contributed by atoms with Gasteiger partial charge in [-0.25, -0.2) is 4.79 Å². The monoisotopic (exact) mass is 395 g/mol. The van der Waals surface area contributed by atoms with Crippen LogP contribution in [-0.4, -0.2) is 35.3 Å². The number of hydrogen-bond acceptors (Lipinski definition) is 3. The molecule has 2 aromatic carbocycles. The lowest BCUT2D eigenvalue weighted by molar-refractivity contribution is 0.0200. The van der Waals surface area contributed by atoms with Gasteiger partial charge in [-0.2, -0.15) is 0 Å². The average molecular weight is 396 g/mol. The predicted octanol–water partition coefficient (Wildman–Crippen LogP) is 5.12. The SMILES string of the molecule is CSc1ccc(NC(=O)NC2C[C@H]3CCC[C@H](C2)N3Cc2ccccc2)cc1. The van der Waals surface area contributed by atoms with Gasteiger partial charge in [0, 0.05) is 35.3 Å². The first-order valence-corrected chi connectivity index (χ1v) is 11.4. The van der Waals surface area contributed by atoms with E-state index >= 15 is 0 Å². The molecule has 2 fully saturated rings. The van der Waals surface area contributed by atoms with E-state index in [-0.39, 0.29) is 12.1 Å². The smallest absolute Gasteiger partial charge is 0.319 e. The lowest BCUT2D eigenvalue weighted by Gasteiger charge is -2.49. The largest absolute Gasteiger partial charge is 0.335 e. The Labute approximate surface area is 172 Å². The van der Waals surface area contributed by atoms with Crippen molar-refractivity contribution in [1.29, 1.82) is 0 Å². The Morgan fingerprint density at radius 1 is 1.04 bits per heavy atom. The van der Waals surface area contributed by atoms with E-state index in [0.29, 0.717) is 12.1 Å². The lowest BCUT2D eigenvalue weighted by atomic mass is 9.81. The van der Waals surface area contributed by atoms with Crippen LogP contribution < -0.4 is 10.6 Å². The van der Waals surface area contributed by atoms with E-state index in [9.17, 15) is 4.79 Å². The number of benzene rings is 2. The molecule has 4 nitrogen and oxygen atoms in total. The first-order valence-electron chi connectivity index (χ1n) is 10.2. The van der Waals surface area contributed by atoms with Crippen molar-refractivity contribution < 1.29 is 4.79 Å². The molecule has 2 heterocycles. The second-order valence-corrected chi connectivity index (χ2v) is 8.77. The summed E-state index contributed by atoms with van der Waals surface area (Å²) in [7, 11) is 0. The number of rotatable bonds is 5. The Bertz CT molecular complexity index is 766. The minimum atomic E-state index is -0.0866. The summed E-state index contributed by atoms with van der Waals surface area (Å²) in [6.07, 6.45) is 7.92. The van der Waals surface area contributed by atoms with E-state index in [2.05, 4.69) is 52.1 Å². The van der Waals surface area contributed by atoms with Crippen molar-refractivity contribution >= 4 is 23.5 Å². The van der Waals surface area contributed by atoms with Crippen LogP contribution in [0.15, 0.2) is 59.5 Å². The molecule has 2 aliphatic rings. The highest BCUT2D eigenvalue weighted by Crippen LogP contribution is 2.35. The van der Waals surface area contributed by atoms with E-state index < -0.39 is 0 Å². The number of piperidine rings is 2. The minimum Gasteiger partial charge on any atom is -0.335 e.